The number of rotatable bonds is 3. The summed E-state index contributed by atoms with van der Waals surface area (Å²) in [6, 6.07) is 27.5. The van der Waals surface area contributed by atoms with Gasteiger partial charge in [0.05, 0.1) is 11.2 Å². The average molecular weight is 336 g/mol. The summed E-state index contributed by atoms with van der Waals surface area (Å²) in [6.45, 7) is 0. The lowest BCUT2D eigenvalue weighted by Crippen LogP contribution is -2.08. The summed E-state index contributed by atoms with van der Waals surface area (Å²) in [6.07, 6.45) is 4.01. The van der Waals surface area contributed by atoms with E-state index in [1.54, 1.807) is 0 Å². The molecule has 0 unspecified atom stereocenters. The Morgan fingerprint density at radius 1 is 0.654 bits per heavy atom. The first kappa shape index (κ1) is 15.3. The molecule has 1 fully saturated rings. The number of aromatic nitrogens is 2. The Bertz CT molecular complexity index is 1050. The number of benzene rings is 3. The van der Waals surface area contributed by atoms with E-state index in [0.29, 0.717) is 0 Å². The summed E-state index contributed by atoms with van der Waals surface area (Å²) in [5.41, 5.74) is 5.63. The van der Waals surface area contributed by atoms with Crippen LogP contribution < -0.4 is 0 Å². The molecule has 0 saturated heterocycles. The minimum atomic E-state index is 0.751. The monoisotopic (exact) mass is 336 g/mol. The van der Waals surface area contributed by atoms with Crippen molar-refractivity contribution in [2.75, 3.05) is 0 Å². The van der Waals surface area contributed by atoms with Gasteiger partial charge in [-0.1, -0.05) is 79.2 Å². The van der Waals surface area contributed by atoms with Gasteiger partial charge in [0.25, 0.3) is 0 Å². The van der Waals surface area contributed by atoms with Crippen LogP contribution in [0.25, 0.3) is 33.5 Å². The van der Waals surface area contributed by atoms with Crippen LogP contribution in [0.2, 0.25) is 0 Å². The van der Waals surface area contributed by atoms with Crippen molar-refractivity contribution < 1.29 is 0 Å². The third-order valence-corrected chi connectivity index (χ3v) is 5.40. The maximum absolute atomic E-state index is 4.94. The lowest BCUT2D eigenvalue weighted by molar-refractivity contribution is 0.420. The quantitative estimate of drug-likeness (QED) is 0.443. The van der Waals surface area contributed by atoms with Crippen LogP contribution in [0, 0.1) is 0 Å². The van der Waals surface area contributed by atoms with Crippen LogP contribution in [-0.4, -0.2) is 9.97 Å². The Morgan fingerprint density at radius 3 is 2.12 bits per heavy atom. The molecule has 3 aromatic carbocycles. The molecular weight excluding hydrogens is 316 g/mol. The van der Waals surface area contributed by atoms with Gasteiger partial charge in [-0.3, -0.25) is 0 Å². The molecule has 0 atom stereocenters. The SMILES string of the molecule is c1ccc(-c2nc(-c3ccc(C4CCC4)cc3)nc3ccccc23)cc1. The Kier molecular flexibility index (Phi) is 3.75. The molecule has 4 aromatic rings. The van der Waals surface area contributed by atoms with Gasteiger partial charge >= 0.3 is 0 Å². The molecular formula is C24H20N2. The second-order valence-electron chi connectivity index (χ2n) is 7.03. The van der Waals surface area contributed by atoms with Gasteiger partial charge in [0.15, 0.2) is 5.82 Å². The number of nitrogens with zero attached hydrogens (tertiary/aromatic N) is 2. The van der Waals surface area contributed by atoms with Crippen LogP contribution in [0.4, 0.5) is 0 Å². The number of hydrogen-bond donors (Lipinski definition) is 0. The van der Waals surface area contributed by atoms with Gasteiger partial charge < -0.3 is 0 Å². The lowest BCUT2D eigenvalue weighted by Gasteiger charge is -2.25. The molecule has 0 radical (unpaired) electrons. The minimum Gasteiger partial charge on any atom is -0.228 e. The molecule has 0 amide bonds. The summed E-state index contributed by atoms with van der Waals surface area (Å²) in [4.78, 5) is 9.77. The average Bonchev–Trinajstić information content (AvgIpc) is 2.67. The van der Waals surface area contributed by atoms with E-state index >= 15 is 0 Å². The van der Waals surface area contributed by atoms with E-state index in [4.69, 9.17) is 9.97 Å². The maximum Gasteiger partial charge on any atom is 0.160 e. The summed E-state index contributed by atoms with van der Waals surface area (Å²) in [5.74, 6) is 1.55. The van der Waals surface area contributed by atoms with Crippen molar-refractivity contribution in [2.45, 2.75) is 25.2 Å². The number of para-hydroxylation sites is 1. The van der Waals surface area contributed by atoms with Crippen LogP contribution >= 0.6 is 0 Å². The first-order valence-electron chi connectivity index (χ1n) is 9.31. The number of fused-ring (bicyclic) bond motifs is 1. The second kappa shape index (κ2) is 6.38. The predicted molar refractivity (Wildman–Crippen MR) is 107 cm³/mol. The zero-order valence-corrected chi connectivity index (χ0v) is 14.6. The molecule has 5 rings (SSSR count). The molecule has 0 aliphatic heterocycles. The Labute approximate surface area is 153 Å². The van der Waals surface area contributed by atoms with Crippen LogP contribution in [-0.2, 0) is 0 Å². The van der Waals surface area contributed by atoms with Gasteiger partial charge in [-0.05, 0) is 30.4 Å². The van der Waals surface area contributed by atoms with E-state index in [1.807, 2.05) is 18.2 Å². The molecule has 0 bridgehead atoms. The van der Waals surface area contributed by atoms with Crippen molar-refractivity contribution in [1.82, 2.24) is 9.97 Å². The summed E-state index contributed by atoms with van der Waals surface area (Å²) >= 11 is 0. The molecule has 1 aliphatic rings. The highest BCUT2D eigenvalue weighted by atomic mass is 14.9. The van der Waals surface area contributed by atoms with E-state index in [1.165, 1.54) is 24.8 Å². The predicted octanol–water partition coefficient (Wildman–Crippen LogP) is 6.23. The Balaban J connectivity index is 1.64. The Morgan fingerprint density at radius 2 is 1.38 bits per heavy atom. The van der Waals surface area contributed by atoms with Crippen LogP contribution in [0.1, 0.15) is 30.7 Å². The molecule has 2 nitrogen and oxygen atoms in total. The molecule has 126 valence electrons. The molecule has 26 heavy (non-hydrogen) atoms. The molecule has 0 N–H and O–H groups in total. The van der Waals surface area contributed by atoms with Gasteiger partial charge in [-0.15, -0.1) is 0 Å². The summed E-state index contributed by atoms with van der Waals surface area (Å²) < 4.78 is 0. The van der Waals surface area contributed by atoms with E-state index in [2.05, 4.69) is 60.7 Å². The first-order chi connectivity index (χ1) is 12.9. The molecule has 1 saturated carbocycles. The first-order valence-corrected chi connectivity index (χ1v) is 9.31. The van der Waals surface area contributed by atoms with E-state index < -0.39 is 0 Å². The highest BCUT2D eigenvalue weighted by Crippen LogP contribution is 2.37. The van der Waals surface area contributed by atoms with Crippen LogP contribution in [0.3, 0.4) is 0 Å². The topological polar surface area (TPSA) is 25.8 Å². The van der Waals surface area contributed by atoms with E-state index in [9.17, 15) is 0 Å². The third-order valence-electron chi connectivity index (χ3n) is 5.40. The van der Waals surface area contributed by atoms with Crippen LogP contribution in [0.5, 0.6) is 0 Å². The highest BCUT2D eigenvalue weighted by Gasteiger charge is 2.19. The van der Waals surface area contributed by atoms with Crippen molar-refractivity contribution in [3.8, 4) is 22.6 Å². The molecule has 2 heteroatoms. The largest absolute Gasteiger partial charge is 0.228 e. The van der Waals surface area contributed by atoms with Crippen LogP contribution in [0.15, 0.2) is 78.9 Å². The van der Waals surface area contributed by atoms with Crippen molar-refractivity contribution in [3.63, 3.8) is 0 Å². The zero-order chi connectivity index (χ0) is 17.3. The second-order valence-corrected chi connectivity index (χ2v) is 7.03. The number of hydrogen-bond acceptors (Lipinski definition) is 2. The Hall–Kier alpha value is -3.00. The van der Waals surface area contributed by atoms with Crippen molar-refractivity contribution in [1.29, 1.82) is 0 Å². The normalized spacial score (nSPS) is 14.3. The minimum absolute atomic E-state index is 0.751. The standard InChI is InChI=1S/C24H20N2/c1-2-7-19(8-3-1)23-21-11-4-5-12-22(21)25-24(26-23)20-15-13-18(14-16-20)17-9-6-10-17/h1-5,7-8,11-17H,6,9-10H2. The van der Waals surface area contributed by atoms with E-state index in [0.717, 1.165) is 39.5 Å². The van der Waals surface area contributed by atoms with Gasteiger partial charge in [-0.2, -0.15) is 0 Å². The van der Waals surface area contributed by atoms with Gasteiger partial charge in [0.1, 0.15) is 0 Å². The fourth-order valence-electron chi connectivity index (χ4n) is 3.67. The molecule has 1 aromatic heterocycles. The fourth-order valence-corrected chi connectivity index (χ4v) is 3.67. The van der Waals surface area contributed by atoms with Gasteiger partial charge in [0, 0.05) is 16.5 Å². The molecule has 1 aliphatic carbocycles. The van der Waals surface area contributed by atoms with Gasteiger partial charge in [-0.25, -0.2) is 9.97 Å². The third kappa shape index (κ3) is 2.68. The van der Waals surface area contributed by atoms with E-state index in [-0.39, 0.29) is 0 Å². The smallest absolute Gasteiger partial charge is 0.160 e. The molecule has 1 heterocycles. The molecule has 0 spiro atoms. The maximum atomic E-state index is 4.94. The summed E-state index contributed by atoms with van der Waals surface area (Å²) in [7, 11) is 0. The van der Waals surface area contributed by atoms with Crippen molar-refractivity contribution in [2.24, 2.45) is 0 Å². The van der Waals surface area contributed by atoms with Gasteiger partial charge in [0.2, 0.25) is 0 Å². The van der Waals surface area contributed by atoms with Crippen molar-refractivity contribution >= 4 is 10.9 Å². The zero-order valence-electron chi connectivity index (χ0n) is 14.6. The fraction of sp³-hybridized carbons (Fsp3) is 0.167. The lowest BCUT2D eigenvalue weighted by atomic mass is 9.80. The highest BCUT2D eigenvalue weighted by molar-refractivity contribution is 5.93. The summed E-state index contributed by atoms with van der Waals surface area (Å²) in [5, 5.41) is 1.09. The van der Waals surface area contributed by atoms with Crippen molar-refractivity contribution in [3.05, 3.63) is 84.4 Å².